The van der Waals surface area contributed by atoms with Crippen molar-refractivity contribution in [3.05, 3.63) is 16.8 Å². The number of rotatable bonds is 24. The topological polar surface area (TPSA) is 96.2 Å². The Labute approximate surface area is 281 Å². The fourth-order valence-corrected chi connectivity index (χ4v) is 6.87. The van der Waals surface area contributed by atoms with Crippen molar-refractivity contribution >= 4 is 62.2 Å². The van der Waals surface area contributed by atoms with Gasteiger partial charge in [0.05, 0.1) is 19.5 Å². The molecule has 4 unspecified atom stereocenters. The molecule has 11 heteroatoms. The van der Waals surface area contributed by atoms with Crippen molar-refractivity contribution < 1.29 is 19.1 Å². The zero-order chi connectivity index (χ0) is 31.7. The fourth-order valence-electron chi connectivity index (χ4n) is 5.99. The van der Waals surface area contributed by atoms with Gasteiger partial charge in [0.25, 0.3) is 0 Å². The van der Waals surface area contributed by atoms with Crippen molar-refractivity contribution in [1.82, 2.24) is 19.5 Å². The van der Waals surface area contributed by atoms with Gasteiger partial charge in [0.15, 0.2) is 10.8 Å². The molecule has 0 bridgehead atoms. The summed E-state index contributed by atoms with van der Waals surface area (Å²) in [6.45, 7) is 4.88. The summed E-state index contributed by atoms with van der Waals surface area (Å²) in [6, 6.07) is -0.525. The molecule has 2 heterocycles. The van der Waals surface area contributed by atoms with Crippen molar-refractivity contribution in [2.75, 3.05) is 13.2 Å². The quantitative estimate of drug-likeness (QED) is 0.0351. The lowest BCUT2D eigenvalue weighted by Crippen LogP contribution is -2.22. The molecular weight excluding hydrogens is 667 g/mol. The molecule has 0 aromatic carbocycles. The van der Waals surface area contributed by atoms with Gasteiger partial charge in [-0.25, -0.2) is 14.8 Å². The van der Waals surface area contributed by atoms with Crippen LogP contribution in [0, 0.1) is 11.8 Å². The second-order valence-electron chi connectivity index (χ2n) is 12.2. The molecular formula is C33H51BrCl2N4O4. The first-order chi connectivity index (χ1) is 21.3. The summed E-state index contributed by atoms with van der Waals surface area (Å²) >= 11 is 15.7. The summed E-state index contributed by atoms with van der Waals surface area (Å²) in [5, 5.41) is 0.189. The Morgan fingerprint density at radius 2 is 1.50 bits per heavy atom. The van der Waals surface area contributed by atoms with E-state index in [0.717, 1.165) is 50.4 Å². The van der Waals surface area contributed by atoms with Crippen LogP contribution in [0.3, 0.4) is 0 Å². The second-order valence-corrected chi connectivity index (χ2v) is 14.0. The van der Waals surface area contributed by atoms with Crippen LogP contribution in [0.1, 0.15) is 135 Å². The van der Waals surface area contributed by atoms with Gasteiger partial charge in [-0.05, 0) is 62.5 Å². The minimum Gasteiger partial charge on any atom is -0.465 e. The lowest BCUT2D eigenvalue weighted by Gasteiger charge is -2.17. The summed E-state index contributed by atoms with van der Waals surface area (Å²) in [6.07, 6.45) is 22.1. The molecule has 4 atom stereocenters. The lowest BCUT2D eigenvalue weighted by atomic mass is 10.0. The van der Waals surface area contributed by atoms with Crippen molar-refractivity contribution in [2.45, 2.75) is 140 Å². The van der Waals surface area contributed by atoms with Crippen LogP contribution in [-0.2, 0) is 19.1 Å². The molecule has 1 saturated carbocycles. The van der Waals surface area contributed by atoms with Gasteiger partial charge in [-0.15, -0.1) is 0 Å². The highest BCUT2D eigenvalue weighted by Crippen LogP contribution is 2.45. The fraction of sp³-hybridized carbons (Fsp3) is 0.788. The van der Waals surface area contributed by atoms with E-state index in [1.54, 1.807) is 17.8 Å². The Bertz CT molecular complexity index is 1150. The van der Waals surface area contributed by atoms with Gasteiger partial charge in [-0.3, -0.25) is 4.79 Å². The number of alkyl halides is 1. The number of fused-ring (bicyclic) bond motifs is 1. The van der Waals surface area contributed by atoms with E-state index in [9.17, 15) is 9.59 Å². The van der Waals surface area contributed by atoms with Crippen LogP contribution in [0.5, 0.6) is 0 Å². The third-order valence-corrected chi connectivity index (χ3v) is 9.91. The first-order valence-corrected chi connectivity index (χ1v) is 18.6. The molecule has 248 valence electrons. The van der Waals surface area contributed by atoms with E-state index in [0.29, 0.717) is 30.8 Å². The van der Waals surface area contributed by atoms with E-state index in [-0.39, 0.29) is 27.2 Å². The minimum atomic E-state index is -0.525. The predicted octanol–water partition coefficient (Wildman–Crippen LogP) is 9.83. The largest absolute Gasteiger partial charge is 0.465 e. The molecule has 1 aliphatic carbocycles. The maximum absolute atomic E-state index is 12.8. The molecule has 2 aromatic heterocycles. The number of halogens is 3. The summed E-state index contributed by atoms with van der Waals surface area (Å²) in [4.78, 5) is 37.3. The standard InChI is InChI=1S/C33H51BrCl2N4O4/c1-3-5-6-7-11-14-19-26(34)31(41)44-21-16-18-25-22-24(25)17-13-10-8-9-12-15-20-27(32(42)43-4-2)40-23-37-28-29(35)38-33(36)39-30(28)40/h23-27H,3-22H2,1-2H3. The number of imidazole rings is 1. The van der Waals surface area contributed by atoms with Crippen LogP contribution in [-0.4, -0.2) is 49.5 Å². The normalized spacial score (nSPS) is 17.5. The first kappa shape index (κ1) is 37.0. The van der Waals surface area contributed by atoms with E-state index in [4.69, 9.17) is 32.7 Å². The Morgan fingerprint density at radius 3 is 2.20 bits per heavy atom. The molecule has 1 fully saturated rings. The maximum atomic E-state index is 12.8. The molecule has 0 amide bonds. The number of carbonyl (C=O) groups is 2. The number of aromatic nitrogens is 4. The number of hydrogen-bond donors (Lipinski definition) is 0. The maximum Gasteiger partial charge on any atom is 0.329 e. The molecule has 3 rings (SSSR count). The van der Waals surface area contributed by atoms with E-state index in [1.807, 2.05) is 0 Å². The first-order valence-electron chi connectivity index (χ1n) is 16.9. The molecule has 0 saturated heterocycles. The highest BCUT2D eigenvalue weighted by molar-refractivity contribution is 9.10. The SMILES string of the molecule is CCCCCCCCC(Br)C(=O)OCCCC1CC1CCCCCCCCC(C(=O)OCC)n1cnc2c(Cl)nc(Cl)nc21. The summed E-state index contributed by atoms with van der Waals surface area (Å²) in [5.41, 5.74) is 0.868. The van der Waals surface area contributed by atoms with E-state index < -0.39 is 6.04 Å². The Hall–Kier alpha value is -1.45. The summed E-state index contributed by atoms with van der Waals surface area (Å²) < 4.78 is 12.6. The van der Waals surface area contributed by atoms with Crippen LogP contribution in [0.4, 0.5) is 0 Å². The number of nitrogens with zero attached hydrogens (tertiary/aromatic N) is 4. The van der Waals surface area contributed by atoms with Gasteiger partial charge in [0, 0.05) is 0 Å². The number of ether oxygens (including phenoxy) is 2. The van der Waals surface area contributed by atoms with Crippen LogP contribution in [0.15, 0.2) is 6.33 Å². The molecule has 0 radical (unpaired) electrons. The van der Waals surface area contributed by atoms with Crippen LogP contribution >= 0.6 is 39.1 Å². The molecule has 2 aromatic rings. The average Bonchev–Trinajstić information content (AvgIpc) is 3.62. The van der Waals surface area contributed by atoms with Gasteiger partial charge in [0.2, 0.25) is 5.28 Å². The average molecular weight is 719 g/mol. The highest BCUT2D eigenvalue weighted by Gasteiger charge is 2.35. The molecule has 8 nitrogen and oxygen atoms in total. The number of carbonyl (C=O) groups excluding carboxylic acids is 2. The van der Waals surface area contributed by atoms with Gasteiger partial charge < -0.3 is 14.0 Å². The molecule has 0 aliphatic heterocycles. The lowest BCUT2D eigenvalue weighted by molar-refractivity contribution is -0.147. The summed E-state index contributed by atoms with van der Waals surface area (Å²) in [5.74, 6) is 1.27. The summed E-state index contributed by atoms with van der Waals surface area (Å²) in [7, 11) is 0. The zero-order valence-electron chi connectivity index (χ0n) is 26.6. The highest BCUT2D eigenvalue weighted by atomic mass is 79.9. The predicted molar refractivity (Wildman–Crippen MR) is 180 cm³/mol. The van der Waals surface area contributed by atoms with Gasteiger partial charge in [-0.1, -0.05) is 118 Å². The smallest absolute Gasteiger partial charge is 0.329 e. The molecule has 44 heavy (non-hydrogen) atoms. The molecule has 1 aliphatic rings. The van der Waals surface area contributed by atoms with Crippen molar-refractivity contribution in [1.29, 1.82) is 0 Å². The van der Waals surface area contributed by atoms with E-state index in [2.05, 4.69) is 37.8 Å². The van der Waals surface area contributed by atoms with Crippen LogP contribution < -0.4 is 0 Å². The van der Waals surface area contributed by atoms with Crippen LogP contribution in [0.2, 0.25) is 10.4 Å². The minimum absolute atomic E-state index is 0.0206. The van der Waals surface area contributed by atoms with Gasteiger partial charge >= 0.3 is 11.9 Å². The third kappa shape index (κ3) is 12.7. The van der Waals surface area contributed by atoms with E-state index >= 15 is 0 Å². The van der Waals surface area contributed by atoms with Crippen LogP contribution in [0.25, 0.3) is 11.2 Å². The second kappa shape index (κ2) is 20.6. The third-order valence-electron chi connectivity index (χ3n) is 8.65. The van der Waals surface area contributed by atoms with Crippen molar-refractivity contribution in [2.24, 2.45) is 11.8 Å². The molecule has 0 spiro atoms. The van der Waals surface area contributed by atoms with E-state index in [1.165, 1.54) is 70.6 Å². The number of unbranched alkanes of at least 4 members (excludes halogenated alkanes) is 10. The number of hydrogen-bond acceptors (Lipinski definition) is 7. The zero-order valence-corrected chi connectivity index (χ0v) is 29.7. The van der Waals surface area contributed by atoms with Gasteiger partial charge in [-0.2, -0.15) is 4.98 Å². The number of esters is 2. The van der Waals surface area contributed by atoms with Gasteiger partial charge in [0.1, 0.15) is 16.4 Å². The van der Waals surface area contributed by atoms with Crippen molar-refractivity contribution in [3.63, 3.8) is 0 Å². The Morgan fingerprint density at radius 1 is 0.864 bits per heavy atom. The molecule has 0 N–H and O–H groups in total. The Balaban J connectivity index is 1.21. The Kier molecular flexibility index (Phi) is 17.4. The monoisotopic (exact) mass is 716 g/mol. The van der Waals surface area contributed by atoms with Crippen molar-refractivity contribution in [3.8, 4) is 0 Å².